The van der Waals surface area contributed by atoms with E-state index < -0.39 is 22.0 Å². The van der Waals surface area contributed by atoms with Gasteiger partial charge in [0.2, 0.25) is 10.0 Å². The first-order valence-corrected chi connectivity index (χ1v) is 8.43. The number of piperidine rings is 1. The van der Waals surface area contributed by atoms with Gasteiger partial charge in [0.1, 0.15) is 6.04 Å². The lowest BCUT2D eigenvalue weighted by molar-refractivity contribution is -0.144. The smallest absolute Gasteiger partial charge is 0.322 e. The Morgan fingerprint density at radius 3 is 2.58 bits per heavy atom. The van der Waals surface area contributed by atoms with Crippen molar-refractivity contribution >= 4 is 16.0 Å². The number of carboxylic acids is 1. The first-order valence-electron chi connectivity index (χ1n) is 6.82. The van der Waals surface area contributed by atoms with Crippen molar-refractivity contribution in [3.8, 4) is 0 Å². The highest BCUT2D eigenvalue weighted by Crippen LogP contribution is 2.39. The molecule has 1 saturated heterocycles. The molecule has 3 atom stereocenters. The molecule has 2 aliphatic rings. The highest BCUT2D eigenvalue weighted by Gasteiger charge is 2.46. The molecule has 5 nitrogen and oxygen atoms in total. The second kappa shape index (κ2) is 5.63. The first-order chi connectivity index (χ1) is 8.97. The summed E-state index contributed by atoms with van der Waals surface area (Å²) < 4.78 is 26.0. The summed E-state index contributed by atoms with van der Waals surface area (Å²) >= 11 is 0. The molecule has 1 aliphatic heterocycles. The quantitative estimate of drug-likeness (QED) is 0.797. The van der Waals surface area contributed by atoms with E-state index in [2.05, 4.69) is 6.58 Å². The Labute approximate surface area is 114 Å². The molecule has 108 valence electrons. The van der Waals surface area contributed by atoms with Gasteiger partial charge in [-0.15, -0.1) is 6.58 Å². The summed E-state index contributed by atoms with van der Waals surface area (Å²) in [6, 6.07) is -1.03. The third-order valence-electron chi connectivity index (χ3n) is 4.25. The standard InChI is InChI=1S/C13H21NO4S/c1-2-9-19(17,18)14-11-6-4-3-5-10(11)7-8-12(14)13(15)16/h2,10-12H,1,3-9H2,(H,15,16). The maximum atomic E-state index is 12.3. The molecule has 0 bridgehead atoms. The number of aliphatic carboxylic acids is 1. The van der Waals surface area contributed by atoms with Crippen molar-refractivity contribution in [2.75, 3.05) is 5.75 Å². The van der Waals surface area contributed by atoms with Crippen molar-refractivity contribution in [1.29, 1.82) is 0 Å². The van der Waals surface area contributed by atoms with Crippen LogP contribution < -0.4 is 0 Å². The number of fused-ring (bicyclic) bond motifs is 1. The summed E-state index contributed by atoms with van der Waals surface area (Å²) in [4.78, 5) is 11.4. The molecule has 1 saturated carbocycles. The van der Waals surface area contributed by atoms with Crippen LogP contribution in [0.2, 0.25) is 0 Å². The van der Waals surface area contributed by atoms with Crippen LogP contribution in [0.4, 0.5) is 0 Å². The first kappa shape index (κ1) is 14.5. The van der Waals surface area contributed by atoms with E-state index in [0.29, 0.717) is 12.3 Å². The zero-order valence-electron chi connectivity index (χ0n) is 11.0. The molecule has 1 aliphatic carbocycles. The molecule has 6 heteroatoms. The molecule has 0 aromatic carbocycles. The van der Waals surface area contributed by atoms with E-state index in [1.165, 1.54) is 10.4 Å². The Morgan fingerprint density at radius 1 is 1.26 bits per heavy atom. The van der Waals surface area contributed by atoms with Gasteiger partial charge in [0.25, 0.3) is 0 Å². The van der Waals surface area contributed by atoms with Gasteiger partial charge in [-0.2, -0.15) is 4.31 Å². The van der Waals surface area contributed by atoms with Crippen LogP contribution in [0.1, 0.15) is 38.5 Å². The summed E-state index contributed by atoms with van der Waals surface area (Å²) in [6.45, 7) is 3.46. The lowest BCUT2D eigenvalue weighted by atomic mass is 9.78. The van der Waals surface area contributed by atoms with Crippen LogP contribution in [0.5, 0.6) is 0 Å². The average molecular weight is 287 g/mol. The molecule has 1 heterocycles. The second-order valence-corrected chi connectivity index (χ2v) is 7.36. The Morgan fingerprint density at radius 2 is 1.95 bits per heavy atom. The number of sulfonamides is 1. The fourth-order valence-corrected chi connectivity index (χ4v) is 5.20. The highest BCUT2D eigenvalue weighted by atomic mass is 32.2. The van der Waals surface area contributed by atoms with E-state index in [1.807, 2.05) is 0 Å². The van der Waals surface area contributed by atoms with Crippen molar-refractivity contribution in [3.63, 3.8) is 0 Å². The maximum Gasteiger partial charge on any atom is 0.322 e. The Balaban J connectivity index is 2.34. The fourth-order valence-electron chi connectivity index (χ4n) is 3.46. The molecule has 2 fully saturated rings. The molecule has 0 radical (unpaired) electrons. The van der Waals surface area contributed by atoms with Crippen molar-refractivity contribution in [2.24, 2.45) is 5.92 Å². The van der Waals surface area contributed by atoms with Gasteiger partial charge in [-0.05, 0) is 31.6 Å². The predicted molar refractivity (Wildman–Crippen MR) is 72.2 cm³/mol. The predicted octanol–water partition coefficient (Wildman–Crippen LogP) is 1.61. The molecule has 1 N–H and O–H groups in total. The third-order valence-corrected chi connectivity index (χ3v) is 6.07. The van der Waals surface area contributed by atoms with E-state index in [0.717, 1.165) is 32.1 Å². The molecular formula is C13H21NO4S. The molecule has 3 unspecified atom stereocenters. The maximum absolute atomic E-state index is 12.3. The molecule has 0 aromatic heterocycles. The van der Waals surface area contributed by atoms with Gasteiger partial charge in [0.05, 0.1) is 5.75 Å². The van der Waals surface area contributed by atoms with Crippen LogP contribution in [-0.2, 0) is 14.8 Å². The van der Waals surface area contributed by atoms with Gasteiger partial charge in [-0.3, -0.25) is 4.79 Å². The third kappa shape index (κ3) is 2.84. The number of carbonyl (C=O) groups is 1. The topological polar surface area (TPSA) is 74.7 Å². The lowest BCUT2D eigenvalue weighted by Crippen LogP contribution is -2.57. The number of hydrogen-bond acceptors (Lipinski definition) is 3. The van der Waals surface area contributed by atoms with Crippen LogP contribution in [0.15, 0.2) is 12.7 Å². The van der Waals surface area contributed by atoms with E-state index in [1.54, 1.807) is 0 Å². The zero-order chi connectivity index (χ0) is 14.0. The van der Waals surface area contributed by atoms with E-state index in [9.17, 15) is 18.3 Å². The summed E-state index contributed by atoms with van der Waals surface area (Å²) in [5.41, 5.74) is 0. The second-order valence-electron chi connectivity index (χ2n) is 5.44. The minimum absolute atomic E-state index is 0.131. The van der Waals surface area contributed by atoms with E-state index in [-0.39, 0.29) is 11.8 Å². The number of rotatable bonds is 4. The van der Waals surface area contributed by atoms with Gasteiger partial charge < -0.3 is 5.11 Å². The normalized spacial score (nSPS) is 32.5. The summed E-state index contributed by atoms with van der Waals surface area (Å²) in [7, 11) is -3.56. The van der Waals surface area contributed by atoms with E-state index >= 15 is 0 Å². The van der Waals surface area contributed by atoms with Crippen molar-refractivity contribution in [2.45, 2.75) is 50.6 Å². The molecule has 0 amide bonds. The molecule has 2 rings (SSSR count). The van der Waals surface area contributed by atoms with Crippen LogP contribution in [0, 0.1) is 5.92 Å². The minimum atomic E-state index is -3.56. The Bertz CT molecular complexity index is 459. The lowest BCUT2D eigenvalue weighted by Gasteiger charge is -2.45. The largest absolute Gasteiger partial charge is 0.480 e. The Hall–Kier alpha value is -0.880. The SMILES string of the molecule is C=CCS(=O)(=O)N1C(C(=O)O)CCC2CCCCC21. The van der Waals surface area contributed by atoms with E-state index in [4.69, 9.17) is 0 Å². The minimum Gasteiger partial charge on any atom is -0.480 e. The summed E-state index contributed by atoms with van der Waals surface area (Å²) in [5.74, 6) is -0.888. The van der Waals surface area contributed by atoms with Crippen LogP contribution in [0.3, 0.4) is 0 Å². The summed E-state index contributed by atoms with van der Waals surface area (Å²) in [6.07, 6.45) is 6.47. The molecule has 0 spiro atoms. The van der Waals surface area contributed by atoms with Gasteiger partial charge >= 0.3 is 5.97 Å². The highest BCUT2D eigenvalue weighted by molar-refractivity contribution is 7.89. The zero-order valence-corrected chi connectivity index (χ0v) is 11.8. The van der Waals surface area contributed by atoms with Gasteiger partial charge in [0, 0.05) is 6.04 Å². The summed E-state index contributed by atoms with van der Waals surface area (Å²) in [5, 5.41) is 9.30. The average Bonchev–Trinajstić information content (AvgIpc) is 2.37. The van der Waals surface area contributed by atoms with Crippen molar-refractivity contribution in [1.82, 2.24) is 4.31 Å². The number of carboxylic acid groups (broad SMARTS) is 1. The molecule has 19 heavy (non-hydrogen) atoms. The van der Waals surface area contributed by atoms with Gasteiger partial charge in [-0.25, -0.2) is 8.42 Å². The van der Waals surface area contributed by atoms with Crippen LogP contribution in [0.25, 0.3) is 0 Å². The van der Waals surface area contributed by atoms with Gasteiger partial charge in [0.15, 0.2) is 0 Å². The monoisotopic (exact) mass is 287 g/mol. The molecule has 0 aromatic rings. The number of nitrogens with zero attached hydrogens (tertiary/aromatic N) is 1. The Kier molecular flexibility index (Phi) is 4.30. The van der Waals surface area contributed by atoms with Crippen molar-refractivity contribution in [3.05, 3.63) is 12.7 Å². The van der Waals surface area contributed by atoms with Crippen LogP contribution in [-0.4, -0.2) is 41.6 Å². The fraction of sp³-hybridized carbons (Fsp3) is 0.769. The van der Waals surface area contributed by atoms with Gasteiger partial charge in [-0.1, -0.05) is 18.9 Å². The number of hydrogen-bond donors (Lipinski definition) is 1. The van der Waals surface area contributed by atoms with Crippen molar-refractivity contribution < 1.29 is 18.3 Å². The van der Waals surface area contributed by atoms with Crippen LogP contribution >= 0.6 is 0 Å². The molecular weight excluding hydrogens is 266 g/mol.